The molecule has 0 aliphatic carbocycles. The fourth-order valence-corrected chi connectivity index (χ4v) is 2.96. The second-order valence-corrected chi connectivity index (χ2v) is 7.89. The molecule has 1 aromatic heterocycles. The molecule has 0 aliphatic heterocycles. The number of para-hydroxylation sites is 1. The molecule has 1 heterocycles. The Morgan fingerprint density at radius 2 is 1.77 bits per heavy atom. The zero-order chi connectivity index (χ0) is 21.1. The molecule has 168 valence electrons. The third-order valence-electron chi connectivity index (χ3n) is 4.97. The molecule has 0 fully saturated rings. The van der Waals surface area contributed by atoms with Gasteiger partial charge in [-0.1, -0.05) is 32.0 Å². The van der Waals surface area contributed by atoms with Gasteiger partial charge in [0, 0.05) is 39.4 Å². The molecule has 8 heteroatoms. The Bertz CT molecular complexity index is 743. The van der Waals surface area contributed by atoms with Crippen molar-refractivity contribution in [1.82, 2.24) is 25.4 Å². The number of rotatable bonds is 11. The minimum atomic E-state index is 0. The Labute approximate surface area is 198 Å². The van der Waals surface area contributed by atoms with Gasteiger partial charge in [0.05, 0.1) is 0 Å². The van der Waals surface area contributed by atoms with Crippen LogP contribution in [0.2, 0.25) is 0 Å². The second kappa shape index (κ2) is 14.2. The number of guanidine groups is 1. The van der Waals surface area contributed by atoms with Gasteiger partial charge in [-0.25, -0.2) is 4.99 Å². The van der Waals surface area contributed by atoms with Gasteiger partial charge in [-0.3, -0.25) is 0 Å². The lowest BCUT2D eigenvalue weighted by Gasteiger charge is -2.20. The van der Waals surface area contributed by atoms with Crippen LogP contribution in [-0.4, -0.2) is 47.4 Å². The van der Waals surface area contributed by atoms with Crippen LogP contribution in [0.5, 0.6) is 0 Å². The number of aromatic nitrogens is 3. The first-order valence-corrected chi connectivity index (χ1v) is 10.6. The van der Waals surface area contributed by atoms with Crippen LogP contribution in [0.15, 0.2) is 35.3 Å². The molecule has 0 bridgehead atoms. The van der Waals surface area contributed by atoms with Gasteiger partial charge in [-0.2, -0.15) is 0 Å². The Kier molecular flexibility index (Phi) is 12.4. The van der Waals surface area contributed by atoms with E-state index in [0.29, 0.717) is 6.54 Å². The van der Waals surface area contributed by atoms with Gasteiger partial charge >= 0.3 is 0 Å². The summed E-state index contributed by atoms with van der Waals surface area (Å²) < 4.78 is 1.98. The van der Waals surface area contributed by atoms with E-state index in [1.165, 1.54) is 12.1 Å². The highest BCUT2D eigenvalue weighted by atomic mass is 127. The molecule has 0 unspecified atom stereocenters. The lowest BCUT2D eigenvalue weighted by atomic mass is 10.1. The van der Waals surface area contributed by atoms with Gasteiger partial charge in [-0.05, 0) is 44.2 Å². The number of halogens is 1. The first kappa shape index (κ1) is 26.2. The zero-order valence-electron chi connectivity index (χ0n) is 19.1. The van der Waals surface area contributed by atoms with Gasteiger partial charge in [0.1, 0.15) is 12.4 Å². The molecule has 0 amide bonds. The van der Waals surface area contributed by atoms with E-state index in [1.807, 2.05) is 24.6 Å². The predicted molar refractivity (Wildman–Crippen MR) is 137 cm³/mol. The quantitative estimate of drug-likeness (QED) is 0.202. The van der Waals surface area contributed by atoms with Crippen LogP contribution >= 0.6 is 24.0 Å². The molecule has 2 rings (SSSR count). The van der Waals surface area contributed by atoms with E-state index >= 15 is 0 Å². The smallest absolute Gasteiger partial charge is 0.191 e. The molecule has 0 atom stereocenters. The first-order valence-electron chi connectivity index (χ1n) is 10.6. The van der Waals surface area contributed by atoms with Crippen molar-refractivity contribution in [3.63, 3.8) is 0 Å². The minimum Gasteiger partial charge on any atom is -0.375 e. The highest BCUT2D eigenvalue weighted by Crippen LogP contribution is 2.10. The number of hydrogen-bond acceptors (Lipinski definition) is 4. The van der Waals surface area contributed by atoms with Gasteiger partial charge in [-0.15, -0.1) is 34.2 Å². The van der Waals surface area contributed by atoms with Crippen molar-refractivity contribution in [2.75, 3.05) is 31.6 Å². The van der Waals surface area contributed by atoms with Gasteiger partial charge in [0.25, 0.3) is 0 Å². The second-order valence-electron chi connectivity index (χ2n) is 7.89. The highest BCUT2D eigenvalue weighted by molar-refractivity contribution is 14.0. The molecule has 0 radical (unpaired) electrons. The fourth-order valence-electron chi connectivity index (χ4n) is 2.96. The maximum Gasteiger partial charge on any atom is 0.191 e. The average molecular weight is 527 g/mol. The average Bonchev–Trinajstić information content (AvgIpc) is 3.04. The molecule has 2 aromatic rings. The number of nitrogens with zero attached hydrogens (tertiary/aromatic N) is 5. The van der Waals surface area contributed by atoms with Crippen LogP contribution in [0.25, 0.3) is 0 Å². The SMILES string of the molecule is Cc1nnc(CN=C(NCCCC(C)C)NCCCN(C)c2ccccc2)n1C.I. The maximum absolute atomic E-state index is 4.72. The van der Waals surface area contributed by atoms with Crippen molar-refractivity contribution in [2.24, 2.45) is 18.0 Å². The largest absolute Gasteiger partial charge is 0.375 e. The Balaban J connectivity index is 0.00000450. The van der Waals surface area contributed by atoms with Crippen LogP contribution in [0.3, 0.4) is 0 Å². The highest BCUT2D eigenvalue weighted by Gasteiger charge is 2.06. The summed E-state index contributed by atoms with van der Waals surface area (Å²) in [6.07, 6.45) is 3.38. The molecule has 0 spiro atoms. The van der Waals surface area contributed by atoms with Crippen LogP contribution in [0.4, 0.5) is 5.69 Å². The summed E-state index contributed by atoms with van der Waals surface area (Å²) in [5.74, 6) is 3.34. The van der Waals surface area contributed by atoms with Crippen molar-refractivity contribution < 1.29 is 0 Å². The number of benzene rings is 1. The summed E-state index contributed by atoms with van der Waals surface area (Å²) in [5.41, 5.74) is 1.24. The molecule has 1 aromatic carbocycles. The number of nitrogens with one attached hydrogen (secondary N) is 2. The van der Waals surface area contributed by atoms with Crippen LogP contribution in [0.1, 0.15) is 44.8 Å². The summed E-state index contributed by atoms with van der Waals surface area (Å²) in [5, 5.41) is 15.2. The monoisotopic (exact) mass is 527 g/mol. The molecule has 30 heavy (non-hydrogen) atoms. The summed E-state index contributed by atoms with van der Waals surface area (Å²) in [4.78, 5) is 6.99. The van der Waals surface area contributed by atoms with E-state index in [2.05, 4.69) is 70.9 Å². The third-order valence-corrected chi connectivity index (χ3v) is 4.97. The summed E-state index contributed by atoms with van der Waals surface area (Å²) in [6.45, 7) is 9.75. The van der Waals surface area contributed by atoms with E-state index in [4.69, 9.17) is 4.99 Å². The maximum atomic E-state index is 4.72. The van der Waals surface area contributed by atoms with E-state index in [-0.39, 0.29) is 24.0 Å². The standard InChI is InChI=1S/C22H37N7.HI/c1-18(2)11-9-14-23-22(25-17-21-27-26-19(3)29(21)5)24-15-10-16-28(4)20-12-7-6-8-13-20;/h6-8,12-13,18H,9-11,14-17H2,1-5H3,(H2,23,24,25);1H. The molecular weight excluding hydrogens is 489 g/mol. The minimum absolute atomic E-state index is 0. The topological polar surface area (TPSA) is 70.4 Å². The number of aliphatic imine (C=N–C) groups is 1. The Morgan fingerprint density at radius 3 is 2.37 bits per heavy atom. The molecule has 7 nitrogen and oxygen atoms in total. The van der Waals surface area contributed by atoms with E-state index in [9.17, 15) is 0 Å². The van der Waals surface area contributed by atoms with Crippen molar-refractivity contribution in [2.45, 2.75) is 46.6 Å². The Morgan fingerprint density at radius 1 is 1.10 bits per heavy atom. The van der Waals surface area contributed by atoms with Crippen LogP contribution in [0, 0.1) is 12.8 Å². The Hall–Kier alpha value is -1.84. The predicted octanol–water partition coefficient (Wildman–Crippen LogP) is 3.74. The zero-order valence-corrected chi connectivity index (χ0v) is 21.4. The van der Waals surface area contributed by atoms with Gasteiger partial charge in [0.2, 0.25) is 0 Å². The summed E-state index contributed by atoms with van der Waals surface area (Å²) in [7, 11) is 4.10. The van der Waals surface area contributed by atoms with E-state index in [1.54, 1.807) is 0 Å². The molecule has 0 saturated heterocycles. The number of anilines is 1. The molecule has 0 saturated carbocycles. The fraction of sp³-hybridized carbons (Fsp3) is 0.591. The first-order chi connectivity index (χ1) is 14.0. The third kappa shape index (κ3) is 9.32. The van der Waals surface area contributed by atoms with Crippen molar-refractivity contribution in [3.05, 3.63) is 42.0 Å². The van der Waals surface area contributed by atoms with E-state index in [0.717, 1.165) is 56.0 Å². The number of aryl methyl sites for hydroxylation is 1. The normalized spacial score (nSPS) is 11.3. The lowest BCUT2D eigenvalue weighted by molar-refractivity contribution is 0.548. The summed E-state index contributed by atoms with van der Waals surface area (Å²) in [6, 6.07) is 10.5. The number of hydrogen-bond donors (Lipinski definition) is 2. The molecule has 2 N–H and O–H groups in total. The van der Waals surface area contributed by atoms with Crippen molar-refractivity contribution in [1.29, 1.82) is 0 Å². The molecule has 0 aliphatic rings. The molecular formula is C22H38IN7. The van der Waals surface area contributed by atoms with E-state index < -0.39 is 0 Å². The van der Waals surface area contributed by atoms with Gasteiger partial charge < -0.3 is 20.1 Å². The lowest BCUT2D eigenvalue weighted by Crippen LogP contribution is -2.39. The van der Waals surface area contributed by atoms with Crippen molar-refractivity contribution >= 4 is 35.6 Å². The van der Waals surface area contributed by atoms with Crippen LogP contribution < -0.4 is 15.5 Å². The van der Waals surface area contributed by atoms with Gasteiger partial charge in [0.15, 0.2) is 11.8 Å². The summed E-state index contributed by atoms with van der Waals surface area (Å²) >= 11 is 0. The van der Waals surface area contributed by atoms with Crippen LogP contribution in [-0.2, 0) is 13.6 Å². The van der Waals surface area contributed by atoms with Crippen molar-refractivity contribution in [3.8, 4) is 0 Å².